The number of amides is 1. The number of aryl methyl sites for hydroxylation is 1. The molecule has 4 aromatic rings. The van der Waals surface area contributed by atoms with Crippen molar-refractivity contribution < 1.29 is 9.53 Å². The molecule has 7 nitrogen and oxygen atoms in total. The molecule has 2 aliphatic rings. The summed E-state index contributed by atoms with van der Waals surface area (Å²) in [7, 11) is 0. The molecule has 0 atom stereocenters. The maximum atomic E-state index is 13.4. The predicted molar refractivity (Wildman–Crippen MR) is 146 cm³/mol. The van der Waals surface area contributed by atoms with E-state index in [4.69, 9.17) is 4.74 Å². The van der Waals surface area contributed by atoms with Crippen LogP contribution < -0.4 is 15.2 Å². The van der Waals surface area contributed by atoms with E-state index in [9.17, 15) is 9.59 Å². The molecular weight excluding hydrogens is 476 g/mol. The molecule has 0 spiro atoms. The lowest BCUT2D eigenvalue weighted by Gasteiger charge is -2.39. The zero-order valence-electron chi connectivity index (χ0n) is 21.0. The van der Waals surface area contributed by atoms with Crippen molar-refractivity contribution in [1.82, 2.24) is 14.6 Å². The van der Waals surface area contributed by atoms with E-state index in [1.165, 1.54) is 6.07 Å². The van der Waals surface area contributed by atoms with E-state index in [-0.39, 0.29) is 29.4 Å². The average Bonchev–Trinajstić information content (AvgIpc) is 3.00. The van der Waals surface area contributed by atoms with Crippen molar-refractivity contribution in [3.05, 3.63) is 130 Å². The molecule has 2 aromatic carbocycles. The summed E-state index contributed by atoms with van der Waals surface area (Å²) < 4.78 is 7.67. The van der Waals surface area contributed by atoms with E-state index < -0.39 is 0 Å². The zero-order valence-corrected chi connectivity index (χ0v) is 21.0. The van der Waals surface area contributed by atoms with Crippen LogP contribution >= 0.6 is 0 Å². The van der Waals surface area contributed by atoms with E-state index in [0.717, 1.165) is 23.1 Å². The maximum Gasteiger partial charge on any atom is 0.278 e. The Hall–Kier alpha value is -4.83. The Morgan fingerprint density at radius 2 is 1.61 bits per heavy atom. The normalized spacial score (nSPS) is 13.9. The molecule has 0 radical (unpaired) electrons. The molecule has 7 heteroatoms. The highest BCUT2D eigenvalue weighted by molar-refractivity contribution is 5.96. The Kier molecular flexibility index (Phi) is 7.80. The first-order chi connectivity index (χ1) is 18.7. The Bertz CT molecular complexity index is 1480. The van der Waals surface area contributed by atoms with Gasteiger partial charge in [-0.3, -0.25) is 24.3 Å². The van der Waals surface area contributed by atoms with Gasteiger partial charge in [-0.15, -0.1) is 5.92 Å². The Labute approximate surface area is 221 Å². The van der Waals surface area contributed by atoms with Crippen molar-refractivity contribution in [3.63, 3.8) is 0 Å². The monoisotopic (exact) mass is 504 g/mol. The third kappa shape index (κ3) is 5.76. The van der Waals surface area contributed by atoms with Gasteiger partial charge < -0.3 is 9.64 Å². The van der Waals surface area contributed by atoms with E-state index >= 15 is 0 Å². The SMILES string of the molecule is O=C1c2c(OCc3ccccc3)c(=O)ccn2N2Cc3ccncc3CCC#CCN1C2.c1ccccc1. The summed E-state index contributed by atoms with van der Waals surface area (Å²) in [6, 6.07) is 25.0. The number of carbonyl (C=O) groups excluding carboxylic acids is 1. The lowest BCUT2D eigenvalue weighted by molar-refractivity contribution is 0.0707. The molecule has 0 saturated carbocycles. The number of carbonyl (C=O) groups is 1. The molecule has 0 fully saturated rings. The molecule has 6 rings (SSSR count). The van der Waals surface area contributed by atoms with Gasteiger partial charge >= 0.3 is 0 Å². The molecule has 38 heavy (non-hydrogen) atoms. The largest absolute Gasteiger partial charge is 0.482 e. The van der Waals surface area contributed by atoms with Crippen LogP contribution in [0.1, 0.15) is 33.6 Å². The molecule has 2 aromatic heterocycles. The quantitative estimate of drug-likeness (QED) is 0.395. The number of aromatic nitrogens is 2. The number of fused-ring (bicyclic) bond motifs is 5. The summed E-state index contributed by atoms with van der Waals surface area (Å²) in [5, 5.41) is 2.03. The van der Waals surface area contributed by atoms with Crippen molar-refractivity contribution in [2.75, 3.05) is 18.2 Å². The van der Waals surface area contributed by atoms with Crippen LogP contribution in [0, 0.1) is 11.8 Å². The molecule has 0 aliphatic carbocycles. The zero-order chi connectivity index (χ0) is 26.2. The highest BCUT2D eigenvalue weighted by atomic mass is 16.5. The van der Waals surface area contributed by atoms with Crippen molar-refractivity contribution >= 4 is 5.91 Å². The Morgan fingerprint density at radius 1 is 0.868 bits per heavy atom. The lowest BCUT2D eigenvalue weighted by atomic mass is 10.1. The van der Waals surface area contributed by atoms with Crippen molar-refractivity contribution in [3.8, 4) is 17.6 Å². The number of benzene rings is 2. The van der Waals surface area contributed by atoms with Crippen molar-refractivity contribution in [2.24, 2.45) is 0 Å². The number of hydrogen-bond acceptors (Lipinski definition) is 5. The van der Waals surface area contributed by atoms with Crippen molar-refractivity contribution in [2.45, 2.75) is 26.0 Å². The Morgan fingerprint density at radius 3 is 2.37 bits per heavy atom. The lowest BCUT2D eigenvalue weighted by Crippen LogP contribution is -2.54. The van der Waals surface area contributed by atoms with Gasteiger partial charge in [0.05, 0.1) is 13.1 Å². The fourth-order valence-electron chi connectivity index (χ4n) is 4.39. The van der Waals surface area contributed by atoms with Crippen LogP contribution in [0.15, 0.2) is 102 Å². The molecule has 0 unspecified atom stereocenters. The van der Waals surface area contributed by atoms with Gasteiger partial charge in [-0.05, 0) is 29.2 Å². The van der Waals surface area contributed by atoms with Crippen LogP contribution in [-0.2, 0) is 19.6 Å². The van der Waals surface area contributed by atoms with Crippen LogP contribution in [0.5, 0.6) is 5.75 Å². The van der Waals surface area contributed by atoms with Crippen LogP contribution in [0.2, 0.25) is 0 Å². The molecule has 190 valence electrons. The van der Waals surface area contributed by atoms with Gasteiger partial charge in [0.1, 0.15) is 13.3 Å². The van der Waals surface area contributed by atoms with E-state index in [1.54, 1.807) is 22.0 Å². The second kappa shape index (κ2) is 11.9. The van der Waals surface area contributed by atoms with Crippen LogP contribution in [-0.4, -0.2) is 33.7 Å². The predicted octanol–water partition coefficient (Wildman–Crippen LogP) is 4.01. The van der Waals surface area contributed by atoms with E-state index in [0.29, 0.717) is 26.2 Å². The number of hydrogen-bond donors (Lipinski definition) is 0. The summed E-state index contributed by atoms with van der Waals surface area (Å²) in [4.78, 5) is 32.1. The highest BCUT2D eigenvalue weighted by Crippen LogP contribution is 2.24. The Balaban J connectivity index is 0.000000433. The molecular formula is C31H28N4O3. The van der Waals surface area contributed by atoms with Crippen LogP contribution in [0.25, 0.3) is 0 Å². The first kappa shape index (κ1) is 24.8. The molecule has 2 bridgehead atoms. The second-order valence-corrected chi connectivity index (χ2v) is 8.94. The van der Waals surface area contributed by atoms with Gasteiger partial charge in [-0.25, -0.2) is 0 Å². The molecule has 4 heterocycles. The minimum absolute atomic E-state index is 0.0637. The van der Waals surface area contributed by atoms with E-state index in [2.05, 4.69) is 16.8 Å². The van der Waals surface area contributed by atoms with Gasteiger partial charge in [0.25, 0.3) is 5.91 Å². The van der Waals surface area contributed by atoms with Crippen molar-refractivity contribution in [1.29, 1.82) is 0 Å². The second-order valence-electron chi connectivity index (χ2n) is 8.94. The fraction of sp³-hybridized carbons (Fsp3) is 0.194. The van der Waals surface area contributed by atoms with E-state index in [1.807, 2.05) is 84.0 Å². The first-order valence-electron chi connectivity index (χ1n) is 12.5. The third-order valence-electron chi connectivity index (χ3n) is 6.33. The topological polar surface area (TPSA) is 67.7 Å². The number of ether oxygens (including phenoxy) is 1. The van der Waals surface area contributed by atoms with Gasteiger partial charge in [0.15, 0.2) is 11.4 Å². The summed E-state index contributed by atoms with van der Waals surface area (Å²) in [6.45, 7) is 1.43. The van der Waals surface area contributed by atoms with Crippen LogP contribution in [0.4, 0.5) is 0 Å². The first-order valence-corrected chi connectivity index (χ1v) is 12.5. The summed E-state index contributed by atoms with van der Waals surface area (Å²) in [5.74, 6) is 6.06. The molecule has 0 N–H and O–H groups in total. The van der Waals surface area contributed by atoms with Gasteiger partial charge in [0, 0.05) is 31.1 Å². The molecule has 2 aliphatic heterocycles. The third-order valence-corrected chi connectivity index (χ3v) is 6.33. The number of rotatable bonds is 3. The van der Waals surface area contributed by atoms with Crippen LogP contribution in [0.3, 0.4) is 0 Å². The summed E-state index contributed by atoms with van der Waals surface area (Å²) in [5.41, 5.74) is 3.09. The van der Waals surface area contributed by atoms with Gasteiger partial charge in [0.2, 0.25) is 5.43 Å². The standard InChI is InChI=1S/C25H22N4O3.C6H6/c30-22-11-14-29-23(24(22)32-17-19-7-3-1-4-8-19)25(31)27-13-6-2-5-9-20-15-26-12-10-21(20)16-28(29)18-27;1-2-4-6-5-3-1/h1,3-4,7-8,10-12,14-15H,5,9,13,16-18H2;1-6H. The number of nitrogens with zero attached hydrogens (tertiary/aromatic N) is 4. The minimum Gasteiger partial charge on any atom is -0.482 e. The smallest absolute Gasteiger partial charge is 0.278 e. The summed E-state index contributed by atoms with van der Waals surface area (Å²) in [6.07, 6.45) is 6.81. The highest BCUT2D eigenvalue weighted by Gasteiger charge is 2.33. The van der Waals surface area contributed by atoms with Gasteiger partial charge in [-0.1, -0.05) is 72.7 Å². The molecule has 0 saturated heterocycles. The number of pyridine rings is 2. The van der Waals surface area contributed by atoms with Gasteiger partial charge in [-0.2, -0.15) is 0 Å². The summed E-state index contributed by atoms with van der Waals surface area (Å²) >= 11 is 0. The average molecular weight is 505 g/mol. The maximum absolute atomic E-state index is 13.4. The minimum atomic E-state index is -0.317. The fourth-order valence-corrected chi connectivity index (χ4v) is 4.39. The molecule has 1 amide bonds.